The number of hydrogen-bond donors (Lipinski definition) is 2. The smallest absolute Gasteiger partial charge is 0.251 e. The second-order valence-corrected chi connectivity index (χ2v) is 4.83. The first-order valence-electron chi connectivity index (χ1n) is 6.25. The Bertz CT molecular complexity index is 625. The molecule has 0 fully saturated rings. The Morgan fingerprint density at radius 2 is 1.80 bits per heavy atom. The van der Waals surface area contributed by atoms with Crippen LogP contribution in [-0.4, -0.2) is 21.1 Å². The lowest BCUT2D eigenvalue weighted by Crippen LogP contribution is -2.45. The van der Waals surface area contributed by atoms with E-state index in [1.165, 1.54) is 0 Å². The third-order valence-corrected chi connectivity index (χ3v) is 3.16. The van der Waals surface area contributed by atoms with Crippen molar-refractivity contribution >= 4 is 11.9 Å². The number of benzene rings is 1. The lowest BCUT2D eigenvalue weighted by atomic mass is 9.92. The normalized spacial score (nSPS) is 13.6. The van der Waals surface area contributed by atoms with E-state index in [0.717, 1.165) is 5.69 Å². The minimum atomic E-state index is -1.16. The van der Waals surface area contributed by atoms with Crippen LogP contribution in [0.15, 0.2) is 30.3 Å². The highest BCUT2D eigenvalue weighted by molar-refractivity contribution is 5.97. The van der Waals surface area contributed by atoms with Crippen molar-refractivity contribution in [2.45, 2.75) is 26.3 Å². The molecule has 0 saturated heterocycles. The number of carbonyl (C=O) groups is 1. The monoisotopic (exact) mass is 271 g/mol. The van der Waals surface area contributed by atoms with Crippen molar-refractivity contribution in [2.75, 3.05) is 5.32 Å². The van der Waals surface area contributed by atoms with Crippen LogP contribution in [-0.2, 0) is 10.3 Å². The zero-order valence-electron chi connectivity index (χ0n) is 11.7. The highest BCUT2D eigenvalue weighted by atomic mass is 16.2. The summed E-state index contributed by atoms with van der Waals surface area (Å²) < 4.78 is 0. The van der Waals surface area contributed by atoms with Crippen LogP contribution in [0, 0.1) is 13.8 Å². The van der Waals surface area contributed by atoms with E-state index in [4.69, 9.17) is 5.73 Å². The van der Waals surface area contributed by atoms with Crippen LogP contribution in [0.2, 0.25) is 0 Å². The summed E-state index contributed by atoms with van der Waals surface area (Å²) in [5, 5.41) is 10.4. The van der Waals surface area contributed by atoms with Gasteiger partial charge in [0.15, 0.2) is 0 Å². The van der Waals surface area contributed by atoms with Crippen molar-refractivity contribution in [3.63, 3.8) is 0 Å². The van der Waals surface area contributed by atoms with E-state index in [1.807, 2.05) is 18.2 Å². The average molecular weight is 271 g/mol. The zero-order valence-corrected chi connectivity index (χ0v) is 11.7. The second kappa shape index (κ2) is 5.34. The molecule has 0 aliphatic carbocycles. The summed E-state index contributed by atoms with van der Waals surface area (Å²) in [5.74, 6) is -0.223. The standard InChI is InChI=1S/C14H17N5O/c1-9-10(2)18-19-13(16-9)17-12(20)14(3,15)11-7-5-4-6-8-11/h4-8H,15H2,1-3H3,(H,16,17,19,20). The Morgan fingerprint density at radius 3 is 2.40 bits per heavy atom. The fourth-order valence-electron chi connectivity index (χ4n) is 1.66. The van der Waals surface area contributed by atoms with Gasteiger partial charge in [-0.2, -0.15) is 5.10 Å². The number of nitrogens with zero attached hydrogens (tertiary/aromatic N) is 3. The lowest BCUT2D eigenvalue weighted by molar-refractivity contribution is -0.120. The van der Waals surface area contributed by atoms with Gasteiger partial charge in [0, 0.05) is 0 Å². The molecule has 2 aromatic rings. The molecule has 104 valence electrons. The van der Waals surface area contributed by atoms with Crippen molar-refractivity contribution in [2.24, 2.45) is 5.73 Å². The third kappa shape index (κ3) is 2.80. The highest BCUT2D eigenvalue weighted by Gasteiger charge is 2.31. The van der Waals surface area contributed by atoms with Crippen LogP contribution >= 0.6 is 0 Å². The maximum absolute atomic E-state index is 12.3. The number of nitrogens with one attached hydrogen (secondary N) is 1. The van der Waals surface area contributed by atoms with Crippen LogP contribution in [0.25, 0.3) is 0 Å². The Labute approximate surface area is 117 Å². The molecular formula is C14H17N5O. The Hall–Kier alpha value is -2.34. The van der Waals surface area contributed by atoms with Gasteiger partial charge in [-0.15, -0.1) is 5.10 Å². The van der Waals surface area contributed by atoms with Gasteiger partial charge >= 0.3 is 0 Å². The predicted octanol–water partition coefficient (Wildman–Crippen LogP) is 1.30. The van der Waals surface area contributed by atoms with Gasteiger partial charge in [-0.1, -0.05) is 30.3 Å². The topological polar surface area (TPSA) is 93.8 Å². The molecule has 0 aliphatic heterocycles. The maximum Gasteiger partial charge on any atom is 0.251 e. The molecule has 2 rings (SSSR count). The summed E-state index contributed by atoms with van der Waals surface area (Å²) in [6.07, 6.45) is 0. The molecule has 0 spiro atoms. The molecule has 1 atom stereocenters. The number of aryl methyl sites for hydroxylation is 2. The van der Waals surface area contributed by atoms with Crippen LogP contribution in [0.4, 0.5) is 5.95 Å². The number of nitrogens with two attached hydrogens (primary N) is 1. The van der Waals surface area contributed by atoms with E-state index in [2.05, 4.69) is 20.5 Å². The molecular weight excluding hydrogens is 254 g/mol. The maximum atomic E-state index is 12.3. The molecule has 1 aromatic carbocycles. The van der Waals surface area contributed by atoms with Crippen molar-refractivity contribution in [3.05, 3.63) is 47.3 Å². The first-order valence-corrected chi connectivity index (χ1v) is 6.25. The Kier molecular flexibility index (Phi) is 3.76. The largest absolute Gasteiger partial charge is 0.314 e. The zero-order chi connectivity index (χ0) is 14.8. The summed E-state index contributed by atoms with van der Waals surface area (Å²) in [7, 11) is 0. The van der Waals surface area contributed by atoms with Crippen molar-refractivity contribution in [3.8, 4) is 0 Å². The molecule has 1 heterocycles. The van der Waals surface area contributed by atoms with Crippen LogP contribution < -0.4 is 11.1 Å². The number of hydrogen-bond acceptors (Lipinski definition) is 5. The minimum Gasteiger partial charge on any atom is -0.314 e. The summed E-state index contributed by atoms with van der Waals surface area (Å²) in [5.41, 5.74) is 7.10. The molecule has 0 radical (unpaired) electrons. The predicted molar refractivity (Wildman–Crippen MR) is 75.9 cm³/mol. The quantitative estimate of drug-likeness (QED) is 0.877. The van der Waals surface area contributed by atoms with Gasteiger partial charge in [-0.3, -0.25) is 10.1 Å². The third-order valence-electron chi connectivity index (χ3n) is 3.16. The van der Waals surface area contributed by atoms with Gasteiger partial charge in [0.05, 0.1) is 11.4 Å². The summed E-state index contributed by atoms with van der Waals surface area (Å²) >= 11 is 0. The van der Waals surface area contributed by atoms with E-state index in [0.29, 0.717) is 11.3 Å². The Morgan fingerprint density at radius 1 is 1.15 bits per heavy atom. The molecule has 6 heteroatoms. The van der Waals surface area contributed by atoms with E-state index in [1.54, 1.807) is 32.9 Å². The molecule has 0 saturated carbocycles. The van der Waals surface area contributed by atoms with Crippen LogP contribution in [0.5, 0.6) is 0 Å². The van der Waals surface area contributed by atoms with Gasteiger partial charge in [-0.25, -0.2) is 4.98 Å². The number of amides is 1. The highest BCUT2D eigenvalue weighted by Crippen LogP contribution is 2.18. The summed E-state index contributed by atoms with van der Waals surface area (Å²) in [6, 6.07) is 9.15. The number of carbonyl (C=O) groups excluding carboxylic acids is 1. The van der Waals surface area contributed by atoms with E-state index in [9.17, 15) is 4.79 Å². The van der Waals surface area contributed by atoms with E-state index >= 15 is 0 Å². The molecule has 20 heavy (non-hydrogen) atoms. The molecule has 0 aliphatic rings. The molecule has 6 nitrogen and oxygen atoms in total. The fraction of sp³-hybridized carbons (Fsp3) is 0.286. The minimum absolute atomic E-state index is 0.158. The number of aromatic nitrogens is 3. The van der Waals surface area contributed by atoms with Gasteiger partial charge in [0.2, 0.25) is 5.95 Å². The van der Waals surface area contributed by atoms with Gasteiger partial charge in [0.25, 0.3) is 5.91 Å². The molecule has 1 amide bonds. The average Bonchev–Trinajstić information content (AvgIpc) is 2.44. The SMILES string of the molecule is Cc1nnc(NC(=O)C(C)(N)c2ccccc2)nc1C. The molecule has 0 bridgehead atoms. The lowest BCUT2D eigenvalue weighted by Gasteiger charge is -2.23. The van der Waals surface area contributed by atoms with Gasteiger partial charge in [-0.05, 0) is 26.3 Å². The molecule has 1 unspecified atom stereocenters. The van der Waals surface area contributed by atoms with E-state index in [-0.39, 0.29) is 11.9 Å². The first kappa shape index (κ1) is 14.1. The van der Waals surface area contributed by atoms with E-state index < -0.39 is 5.54 Å². The van der Waals surface area contributed by atoms with Crippen molar-refractivity contribution in [1.82, 2.24) is 15.2 Å². The Balaban J connectivity index is 2.21. The second-order valence-electron chi connectivity index (χ2n) is 4.83. The fourth-order valence-corrected chi connectivity index (χ4v) is 1.66. The number of rotatable bonds is 3. The first-order chi connectivity index (χ1) is 9.41. The van der Waals surface area contributed by atoms with Crippen molar-refractivity contribution in [1.29, 1.82) is 0 Å². The van der Waals surface area contributed by atoms with Crippen molar-refractivity contribution < 1.29 is 4.79 Å². The van der Waals surface area contributed by atoms with Crippen LogP contribution in [0.3, 0.4) is 0 Å². The molecule has 3 N–H and O–H groups in total. The van der Waals surface area contributed by atoms with Gasteiger partial charge in [0.1, 0.15) is 5.54 Å². The van der Waals surface area contributed by atoms with Gasteiger partial charge < -0.3 is 5.73 Å². The molecule has 1 aromatic heterocycles. The number of anilines is 1. The summed E-state index contributed by atoms with van der Waals surface area (Å²) in [4.78, 5) is 16.4. The van der Waals surface area contributed by atoms with Crippen LogP contribution in [0.1, 0.15) is 23.9 Å². The summed E-state index contributed by atoms with van der Waals surface area (Å²) in [6.45, 7) is 5.25.